The molecule has 0 aliphatic heterocycles. The van der Waals surface area contributed by atoms with Crippen LogP contribution in [0.3, 0.4) is 0 Å². The molecule has 0 fully saturated rings. The van der Waals surface area contributed by atoms with Crippen molar-refractivity contribution in [3.8, 4) is 5.75 Å². The molecule has 25 heavy (non-hydrogen) atoms. The number of halogens is 1. The zero-order valence-electron chi connectivity index (χ0n) is 14.4. The monoisotopic (exact) mass is 365 g/mol. The average molecular weight is 366 g/mol. The highest BCUT2D eigenvalue weighted by atomic mass is 35.5. The van der Waals surface area contributed by atoms with Gasteiger partial charge in [-0.15, -0.1) is 0 Å². The molecule has 0 aliphatic rings. The van der Waals surface area contributed by atoms with Crippen molar-refractivity contribution in [3.63, 3.8) is 0 Å². The van der Waals surface area contributed by atoms with Gasteiger partial charge < -0.3 is 19.2 Å². The summed E-state index contributed by atoms with van der Waals surface area (Å²) in [4.78, 5) is 11.7. The highest BCUT2D eigenvalue weighted by Gasteiger charge is 2.03. The molecule has 0 bridgehead atoms. The first-order chi connectivity index (χ1) is 12.1. The average Bonchev–Trinajstić information content (AvgIpc) is 3.10. The topological polar surface area (TPSA) is 60.7 Å². The molecule has 1 heterocycles. The van der Waals surface area contributed by atoms with Crippen LogP contribution in [-0.4, -0.2) is 25.7 Å². The van der Waals surface area contributed by atoms with Crippen LogP contribution >= 0.6 is 11.6 Å². The Bertz CT molecular complexity index is 643. The van der Waals surface area contributed by atoms with Gasteiger partial charge in [-0.3, -0.25) is 4.79 Å². The lowest BCUT2D eigenvalue weighted by molar-refractivity contribution is -0.121. The van der Waals surface area contributed by atoms with E-state index in [1.165, 1.54) is 0 Å². The van der Waals surface area contributed by atoms with E-state index in [9.17, 15) is 4.79 Å². The highest BCUT2D eigenvalue weighted by molar-refractivity contribution is 6.30. The lowest BCUT2D eigenvalue weighted by atomic mass is 10.2. The summed E-state index contributed by atoms with van der Waals surface area (Å²) in [6.45, 7) is 4.10. The van der Waals surface area contributed by atoms with Gasteiger partial charge in [0.15, 0.2) is 0 Å². The molecule has 1 amide bonds. The summed E-state index contributed by atoms with van der Waals surface area (Å²) in [7, 11) is 0. The van der Waals surface area contributed by atoms with Gasteiger partial charge in [0.05, 0.1) is 12.9 Å². The molecular formula is C19H24ClNO4. The number of carbonyl (C=O) groups excluding carboxylic acids is 1. The SMILES string of the molecule is Cc1cc(Cl)ccc1OCCCC(=O)NCCCOCc1ccco1. The summed E-state index contributed by atoms with van der Waals surface area (Å²) in [6.07, 6.45) is 3.51. The van der Waals surface area contributed by atoms with Gasteiger partial charge >= 0.3 is 0 Å². The maximum atomic E-state index is 11.7. The third-order valence-electron chi connectivity index (χ3n) is 3.55. The zero-order chi connectivity index (χ0) is 17.9. The van der Waals surface area contributed by atoms with E-state index in [-0.39, 0.29) is 5.91 Å². The van der Waals surface area contributed by atoms with Crippen molar-refractivity contribution in [1.29, 1.82) is 0 Å². The van der Waals surface area contributed by atoms with Crippen molar-refractivity contribution >= 4 is 17.5 Å². The van der Waals surface area contributed by atoms with Gasteiger partial charge in [-0.1, -0.05) is 11.6 Å². The molecule has 1 aromatic heterocycles. The van der Waals surface area contributed by atoms with Crippen LogP contribution in [0.5, 0.6) is 5.75 Å². The first-order valence-corrected chi connectivity index (χ1v) is 8.79. The highest BCUT2D eigenvalue weighted by Crippen LogP contribution is 2.21. The first-order valence-electron chi connectivity index (χ1n) is 8.41. The van der Waals surface area contributed by atoms with E-state index >= 15 is 0 Å². The van der Waals surface area contributed by atoms with Crippen molar-refractivity contribution in [1.82, 2.24) is 5.32 Å². The van der Waals surface area contributed by atoms with Crippen LogP contribution < -0.4 is 10.1 Å². The molecule has 1 aromatic carbocycles. The number of benzene rings is 1. The number of ether oxygens (including phenoxy) is 2. The van der Waals surface area contributed by atoms with Crippen LogP contribution in [0.25, 0.3) is 0 Å². The number of hydrogen-bond donors (Lipinski definition) is 1. The van der Waals surface area contributed by atoms with Crippen LogP contribution in [0.1, 0.15) is 30.6 Å². The van der Waals surface area contributed by atoms with Crippen molar-refractivity contribution < 1.29 is 18.7 Å². The quantitative estimate of drug-likeness (QED) is 0.608. The maximum Gasteiger partial charge on any atom is 0.220 e. The largest absolute Gasteiger partial charge is 0.493 e. The molecule has 2 rings (SSSR count). The second kappa shape index (κ2) is 10.8. The van der Waals surface area contributed by atoms with Crippen molar-refractivity contribution in [3.05, 3.63) is 52.9 Å². The second-order valence-electron chi connectivity index (χ2n) is 5.70. The van der Waals surface area contributed by atoms with Gasteiger partial charge in [-0.05, 0) is 55.7 Å². The van der Waals surface area contributed by atoms with E-state index in [1.54, 1.807) is 12.3 Å². The molecular weight excluding hydrogens is 342 g/mol. The van der Waals surface area contributed by atoms with E-state index in [4.69, 9.17) is 25.5 Å². The molecule has 136 valence electrons. The molecule has 0 radical (unpaired) electrons. The van der Waals surface area contributed by atoms with E-state index in [0.29, 0.717) is 44.2 Å². The Morgan fingerprint density at radius 2 is 2.12 bits per heavy atom. The van der Waals surface area contributed by atoms with Gasteiger partial charge in [0.2, 0.25) is 5.91 Å². The summed E-state index contributed by atoms with van der Waals surface area (Å²) in [5, 5.41) is 3.57. The normalized spacial score (nSPS) is 10.6. The molecule has 0 saturated heterocycles. The molecule has 2 aromatic rings. The number of amides is 1. The molecule has 5 nitrogen and oxygen atoms in total. The molecule has 6 heteroatoms. The van der Waals surface area contributed by atoms with E-state index in [1.807, 2.05) is 31.2 Å². The number of carbonyl (C=O) groups is 1. The van der Waals surface area contributed by atoms with Crippen LogP contribution in [0, 0.1) is 6.92 Å². The Labute approximate surface area is 153 Å². The summed E-state index contributed by atoms with van der Waals surface area (Å²) in [6, 6.07) is 9.20. The van der Waals surface area contributed by atoms with Crippen LogP contribution in [-0.2, 0) is 16.1 Å². The van der Waals surface area contributed by atoms with E-state index in [2.05, 4.69) is 5.32 Å². The van der Waals surface area contributed by atoms with Crippen molar-refractivity contribution in [2.24, 2.45) is 0 Å². The third-order valence-corrected chi connectivity index (χ3v) is 3.79. The fourth-order valence-electron chi connectivity index (χ4n) is 2.25. The Morgan fingerprint density at radius 3 is 2.88 bits per heavy atom. The summed E-state index contributed by atoms with van der Waals surface area (Å²) < 4.78 is 16.3. The Morgan fingerprint density at radius 1 is 1.24 bits per heavy atom. The molecule has 0 spiro atoms. The number of hydrogen-bond acceptors (Lipinski definition) is 4. The van der Waals surface area contributed by atoms with Gasteiger partial charge in [0.25, 0.3) is 0 Å². The van der Waals surface area contributed by atoms with Crippen LogP contribution in [0.4, 0.5) is 0 Å². The second-order valence-corrected chi connectivity index (χ2v) is 6.13. The smallest absolute Gasteiger partial charge is 0.220 e. The Hall–Kier alpha value is -1.98. The molecule has 0 aliphatic carbocycles. The summed E-state index contributed by atoms with van der Waals surface area (Å²) >= 11 is 5.90. The number of nitrogens with one attached hydrogen (secondary N) is 1. The Balaban J connectivity index is 1.47. The fourth-order valence-corrected chi connectivity index (χ4v) is 2.47. The zero-order valence-corrected chi connectivity index (χ0v) is 15.2. The molecule has 0 atom stereocenters. The predicted octanol–water partition coefficient (Wildman–Crippen LogP) is 4.12. The van der Waals surface area contributed by atoms with Gasteiger partial charge in [0, 0.05) is 24.6 Å². The van der Waals surface area contributed by atoms with Crippen LogP contribution in [0.15, 0.2) is 41.0 Å². The van der Waals surface area contributed by atoms with Crippen molar-refractivity contribution in [2.75, 3.05) is 19.8 Å². The Kier molecular flexibility index (Phi) is 8.35. The van der Waals surface area contributed by atoms with Gasteiger partial charge in [-0.25, -0.2) is 0 Å². The maximum absolute atomic E-state index is 11.7. The standard InChI is InChI=1S/C19H24ClNO4/c1-15-13-16(20)7-8-18(15)25-12-3-6-19(22)21-9-4-10-23-14-17-5-2-11-24-17/h2,5,7-8,11,13H,3-4,6,9-10,12,14H2,1H3,(H,21,22). The minimum Gasteiger partial charge on any atom is -0.493 e. The van der Waals surface area contributed by atoms with Gasteiger partial charge in [0.1, 0.15) is 18.1 Å². The van der Waals surface area contributed by atoms with Crippen molar-refractivity contribution in [2.45, 2.75) is 32.8 Å². The predicted molar refractivity (Wildman–Crippen MR) is 96.9 cm³/mol. The third kappa shape index (κ3) is 7.63. The first kappa shape index (κ1) is 19.3. The number of furan rings is 1. The minimum absolute atomic E-state index is 0.0301. The number of aryl methyl sites for hydroxylation is 1. The summed E-state index contributed by atoms with van der Waals surface area (Å²) in [5.41, 5.74) is 0.992. The van der Waals surface area contributed by atoms with Gasteiger partial charge in [-0.2, -0.15) is 0 Å². The molecule has 0 unspecified atom stereocenters. The van der Waals surface area contributed by atoms with Crippen LogP contribution in [0.2, 0.25) is 5.02 Å². The molecule has 0 saturated carbocycles. The molecule has 1 N–H and O–H groups in total. The van der Waals surface area contributed by atoms with E-state index in [0.717, 1.165) is 23.5 Å². The lowest BCUT2D eigenvalue weighted by Gasteiger charge is -2.09. The number of rotatable bonds is 11. The van der Waals surface area contributed by atoms with E-state index < -0.39 is 0 Å². The minimum atomic E-state index is 0.0301. The fraction of sp³-hybridized carbons (Fsp3) is 0.421. The summed E-state index contributed by atoms with van der Waals surface area (Å²) in [5.74, 6) is 1.64. The lowest BCUT2D eigenvalue weighted by Crippen LogP contribution is -2.25.